The fourth-order valence-corrected chi connectivity index (χ4v) is 1.30. The molecule has 2 rings (SSSR count). The van der Waals surface area contributed by atoms with Crippen molar-refractivity contribution in [3.8, 4) is 0 Å². The predicted octanol–water partition coefficient (Wildman–Crippen LogP) is 2.84. The SMILES string of the molecule is Cl.NCc1ccc(Nc2ccc(F)cc2)nc1. The lowest BCUT2D eigenvalue weighted by Crippen LogP contribution is -1.98. The third-order valence-corrected chi connectivity index (χ3v) is 2.18. The number of anilines is 2. The number of benzene rings is 1. The average Bonchev–Trinajstić information content (AvgIpc) is 2.33. The van der Waals surface area contributed by atoms with Crippen molar-refractivity contribution in [3.63, 3.8) is 0 Å². The molecule has 0 aliphatic rings. The lowest BCUT2D eigenvalue weighted by molar-refractivity contribution is 0.628. The van der Waals surface area contributed by atoms with E-state index in [1.54, 1.807) is 18.3 Å². The monoisotopic (exact) mass is 253 g/mol. The molecule has 0 aliphatic carbocycles. The van der Waals surface area contributed by atoms with Crippen LogP contribution in [-0.4, -0.2) is 4.98 Å². The molecule has 3 N–H and O–H groups in total. The number of halogens is 2. The molecule has 0 saturated heterocycles. The van der Waals surface area contributed by atoms with Crippen LogP contribution in [0.2, 0.25) is 0 Å². The van der Waals surface area contributed by atoms with Crippen molar-refractivity contribution in [2.24, 2.45) is 5.73 Å². The molecule has 1 aromatic carbocycles. The van der Waals surface area contributed by atoms with Crippen LogP contribution < -0.4 is 11.1 Å². The van der Waals surface area contributed by atoms with Crippen molar-refractivity contribution >= 4 is 23.9 Å². The van der Waals surface area contributed by atoms with E-state index in [9.17, 15) is 4.39 Å². The van der Waals surface area contributed by atoms with E-state index in [-0.39, 0.29) is 18.2 Å². The van der Waals surface area contributed by atoms with Crippen molar-refractivity contribution in [1.29, 1.82) is 0 Å². The maximum Gasteiger partial charge on any atom is 0.130 e. The zero-order chi connectivity index (χ0) is 11.4. The van der Waals surface area contributed by atoms with Crippen LogP contribution in [0.5, 0.6) is 0 Å². The van der Waals surface area contributed by atoms with E-state index in [0.29, 0.717) is 12.4 Å². The van der Waals surface area contributed by atoms with Gasteiger partial charge in [0.15, 0.2) is 0 Å². The van der Waals surface area contributed by atoms with Crippen LogP contribution in [0, 0.1) is 5.82 Å². The summed E-state index contributed by atoms with van der Waals surface area (Å²) in [5, 5.41) is 3.06. The average molecular weight is 254 g/mol. The van der Waals surface area contributed by atoms with Gasteiger partial charge in [0.05, 0.1) is 0 Å². The molecule has 0 unspecified atom stereocenters. The third-order valence-electron chi connectivity index (χ3n) is 2.18. The first-order valence-electron chi connectivity index (χ1n) is 4.95. The largest absolute Gasteiger partial charge is 0.340 e. The summed E-state index contributed by atoms with van der Waals surface area (Å²) in [6, 6.07) is 9.86. The van der Waals surface area contributed by atoms with Gasteiger partial charge in [0, 0.05) is 18.4 Å². The molecular formula is C12H13ClFN3. The molecule has 0 aliphatic heterocycles. The Labute approximate surface area is 105 Å². The standard InChI is InChI=1S/C12H12FN3.ClH/c13-10-2-4-11(5-3-10)16-12-6-1-9(7-14)8-15-12;/h1-6,8H,7,14H2,(H,15,16);1H. The van der Waals surface area contributed by atoms with E-state index in [0.717, 1.165) is 11.3 Å². The van der Waals surface area contributed by atoms with Crippen LogP contribution in [0.4, 0.5) is 15.9 Å². The number of nitrogens with two attached hydrogens (primary N) is 1. The molecule has 1 heterocycles. The molecule has 3 nitrogen and oxygen atoms in total. The second-order valence-corrected chi connectivity index (χ2v) is 3.39. The number of nitrogens with one attached hydrogen (secondary N) is 1. The molecule has 0 radical (unpaired) electrons. The summed E-state index contributed by atoms with van der Waals surface area (Å²) in [5.41, 5.74) is 7.24. The number of nitrogens with zero attached hydrogens (tertiary/aromatic N) is 1. The van der Waals surface area contributed by atoms with E-state index in [1.807, 2.05) is 12.1 Å². The van der Waals surface area contributed by atoms with Gasteiger partial charge in [0.25, 0.3) is 0 Å². The summed E-state index contributed by atoms with van der Waals surface area (Å²) in [4.78, 5) is 4.18. The molecule has 5 heteroatoms. The van der Waals surface area contributed by atoms with Crippen molar-refractivity contribution in [3.05, 3.63) is 54.0 Å². The first-order valence-corrected chi connectivity index (χ1v) is 4.95. The summed E-state index contributed by atoms with van der Waals surface area (Å²) in [6.07, 6.45) is 1.71. The Morgan fingerprint density at radius 1 is 1.12 bits per heavy atom. The van der Waals surface area contributed by atoms with Gasteiger partial charge >= 0.3 is 0 Å². The minimum atomic E-state index is -0.253. The third kappa shape index (κ3) is 3.69. The van der Waals surface area contributed by atoms with Gasteiger partial charge < -0.3 is 11.1 Å². The van der Waals surface area contributed by atoms with Crippen LogP contribution in [0.3, 0.4) is 0 Å². The summed E-state index contributed by atoms with van der Waals surface area (Å²) in [5.74, 6) is 0.459. The van der Waals surface area contributed by atoms with Gasteiger partial charge in [0.1, 0.15) is 11.6 Å². The highest BCUT2D eigenvalue weighted by Crippen LogP contribution is 2.14. The lowest BCUT2D eigenvalue weighted by Gasteiger charge is -2.05. The van der Waals surface area contributed by atoms with Crippen molar-refractivity contribution in [1.82, 2.24) is 4.98 Å². The predicted molar refractivity (Wildman–Crippen MR) is 69.1 cm³/mol. The van der Waals surface area contributed by atoms with Crippen LogP contribution in [-0.2, 0) is 6.54 Å². The van der Waals surface area contributed by atoms with Crippen molar-refractivity contribution in [2.45, 2.75) is 6.54 Å². The molecule has 2 aromatic rings. The van der Waals surface area contributed by atoms with Gasteiger partial charge in [-0.05, 0) is 35.9 Å². The van der Waals surface area contributed by atoms with Crippen LogP contribution in [0.1, 0.15) is 5.56 Å². The highest BCUT2D eigenvalue weighted by Gasteiger charge is 1.96. The van der Waals surface area contributed by atoms with Gasteiger partial charge in [-0.25, -0.2) is 9.37 Å². The molecule has 0 spiro atoms. The van der Waals surface area contributed by atoms with E-state index in [4.69, 9.17) is 5.73 Å². The zero-order valence-corrected chi connectivity index (χ0v) is 9.88. The van der Waals surface area contributed by atoms with Gasteiger partial charge in [-0.1, -0.05) is 6.07 Å². The Kier molecular flexibility index (Phi) is 4.87. The minimum Gasteiger partial charge on any atom is -0.340 e. The van der Waals surface area contributed by atoms with Crippen LogP contribution >= 0.6 is 12.4 Å². The number of pyridine rings is 1. The lowest BCUT2D eigenvalue weighted by atomic mass is 10.3. The molecular weight excluding hydrogens is 241 g/mol. The Hall–Kier alpha value is -1.65. The van der Waals surface area contributed by atoms with E-state index < -0.39 is 0 Å². The molecule has 0 bridgehead atoms. The van der Waals surface area contributed by atoms with Gasteiger partial charge in [-0.15, -0.1) is 12.4 Å². The summed E-state index contributed by atoms with van der Waals surface area (Å²) in [6.45, 7) is 0.476. The van der Waals surface area contributed by atoms with E-state index in [1.165, 1.54) is 12.1 Å². The van der Waals surface area contributed by atoms with Gasteiger partial charge in [-0.2, -0.15) is 0 Å². The first kappa shape index (κ1) is 13.4. The maximum absolute atomic E-state index is 12.7. The molecule has 0 saturated carbocycles. The van der Waals surface area contributed by atoms with E-state index >= 15 is 0 Å². The number of hydrogen-bond donors (Lipinski definition) is 2. The Bertz CT molecular complexity index is 456. The normalized spacial score (nSPS) is 9.53. The smallest absolute Gasteiger partial charge is 0.130 e. The Balaban J connectivity index is 0.00000144. The summed E-state index contributed by atoms with van der Waals surface area (Å²) in [7, 11) is 0. The van der Waals surface area contributed by atoms with Gasteiger partial charge in [-0.3, -0.25) is 0 Å². The second-order valence-electron chi connectivity index (χ2n) is 3.39. The maximum atomic E-state index is 12.7. The minimum absolute atomic E-state index is 0. The first-order chi connectivity index (χ1) is 7.78. The number of hydrogen-bond acceptors (Lipinski definition) is 3. The fraction of sp³-hybridized carbons (Fsp3) is 0.0833. The topological polar surface area (TPSA) is 50.9 Å². The van der Waals surface area contributed by atoms with Crippen LogP contribution in [0.25, 0.3) is 0 Å². The van der Waals surface area contributed by atoms with Crippen molar-refractivity contribution < 1.29 is 4.39 Å². The molecule has 90 valence electrons. The molecule has 0 amide bonds. The second kappa shape index (κ2) is 6.18. The Morgan fingerprint density at radius 3 is 2.35 bits per heavy atom. The highest BCUT2D eigenvalue weighted by atomic mass is 35.5. The summed E-state index contributed by atoms with van der Waals surface area (Å²) < 4.78 is 12.7. The molecule has 0 fully saturated rings. The molecule has 0 atom stereocenters. The number of rotatable bonds is 3. The number of aromatic nitrogens is 1. The Morgan fingerprint density at radius 2 is 1.82 bits per heavy atom. The van der Waals surface area contributed by atoms with E-state index in [2.05, 4.69) is 10.3 Å². The van der Waals surface area contributed by atoms with Gasteiger partial charge in [0.2, 0.25) is 0 Å². The quantitative estimate of drug-likeness (QED) is 0.884. The van der Waals surface area contributed by atoms with Crippen LogP contribution in [0.15, 0.2) is 42.6 Å². The van der Waals surface area contributed by atoms with Crippen molar-refractivity contribution in [2.75, 3.05) is 5.32 Å². The fourth-order valence-electron chi connectivity index (χ4n) is 1.30. The molecule has 1 aromatic heterocycles. The highest BCUT2D eigenvalue weighted by molar-refractivity contribution is 5.85. The molecule has 17 heavy (non-hydrogen) atoms. The zero-order valence-electron chi connectivity index (χ0n) is 9.06. The summed E-state index contributed by atoms with van der Waals surface area (Å²) >= 11 is 0.